The van der Waals surface area contributed by atoms with Gasteiger partial charge in [0.25, 0.3) is 10.1 Å². The fourth-order valence-corrected chi connectivity index (χ4v) is 7.25. The first-order valence-electron chi connectivity index (χ1n) is 16.3. The third-order valence-electron chi connectivity index (χ3n) is 8.69. The largest absolute Gasteiger partial charge is 0.465 e. The first-order valence-corrected chi connectivity index (χ1v) is 17.8. The van der Waals surface area contributed by atoms with Crippen LogP contribution in [-0.4, -0.2) is 57.3 Å². The summed E-state index contributed by atoms with van der Waals surface area (Å²) in [7, 11) is -4.00. The second-order valence-electron chi connectivity index (χ2n) is 12.5. The number of aliphatic hydroxyl groups is 1. The highest BCUT2D eigenvalue weighted by molar-refractivity contribution is 7.86. The average molecular weight is 623 g/mol. The molecule has 1 saturated carbocycles. The molecule has 0 radical (unpaired) electrons. The molecule has 1 aliphatic heterocycles. The van der Waals surface area contributed by atoms with Gasteiger partial charge in [0.05, 0.1) is 42.8 Å². The van der Waals surface area contributed by atoms with Crippen molar-refractivity contribution in [2.24, 2.45) is 17.8 Å². The molecule has 1 saturated heterocycles. The Balaban J connectivity index is 1.67. The molecule has 3 rings (SSSR count). The maximum Gasteiger partial charge on any atom is 0.308 e. The molecular weight excluding hydrogens is 568 g/mol. The topological polar surface area (TPSA) is 108 Å². The van der Waals surface area contributed by atoms with Gasteiger partial charge in [0.15, 0.2) is 5.79 Å². The second-order valence-corrected chi connectivity index (χ2v) is 14.1. The molecule has 0 spiro atoms. The highest BCUT2D eigenvalue weighted by Gasteiger charge is 2.46. The zero-order chi connectivity index (χ0) is 31.3. The normalized spacial score (nSPS) is 23.9. The summed E-state index contributed by atoms with van der Waals surface area (Å²) in [6.07, 6.45) is 12.9. The third kappa shape index (κ3) is 11.3. The van der Waals surface area contributed by atoms with Crippen LogP contribution in [0.1, 0.15) is 103 Å². The number of hydrogen-bond acceptors (Lipinski definition) is 8. The summed E-state index contributed by atoms with van der Waals surface area (Å²) >= 11 is 0. The molecule has 0 amide bonds. The quantitative estimate of drug-likeness (QED) is 0.0770. The van der Waals surface area contributed by atoms with Crippen molar-refractivity contribution in [2.45, 2.75) is 128 Å². The summed E-state index contributed by atoms with van der Waals surface area (Å²) in [5.41, 5.74) is 0.967. The fraction of sp³-hybridized carbons (Fsp3) is 0.735. The van der Waals surface area contributed by atoms with E-state index in [0.29, 0.717) is 39.1 Å². The summed E-state index contributed by atoms with van der Waals surface area (Å²) in [6.45, 7) is 9.23. The van der Waals surface area contributed by atoms with E-state index in [-0.39, 0.29) is 35.0 Å². The lowest BCUT2D eigenvalue weighted by molar-refractivity contribution is -0.171. The molecule has 1 heterocycles. The molecule has 0 unspecified atom stereocenters. The van der Waals surface area contributed by atoms with E-state index in [2.05, 4.69) is 6.92 Å². The number of carbonyl (C=O) groups is 1. The van der Waals surface area contributed by atoms with Crippen LogP contribution in [0.15, 0.2) is 41.3 Å². The highest BCUT2D eigenvalue weighted by Crippen LogP contribution is 2.43. The van der Waals surface area contributed by atoms with Crippen LogP contribution in [0.3, 0.4) is 0 Å². The van der Waals surface area contributed by atoms with Gasteiger partial charge in [0.2, 0.25) is 0 Å². The lowest BCUT2D eigenvalue weighted by Gasteiger charge is -2.31. The fourth-order valence-electron chi connectivity index (χ4n) is 6.12. The SMILES string of the molecule is CCCCCCCC1(CC[C@@H]2[C@@H](C/C=C\CCCOC(=O)C(C)C)[C@@H](O)C[C@H]2OS(=O)(=O)c2ccc(C)cc2)OCCO1. The number of allylic oxidation sites excluding steroid dienone is 2. The number of esters is 1. The van der Waals surface area contributed by atoms with Gasteiger partial charge in [-0.3, -0.25) is 8.98 Å². The van der Waals surface area contributed by atoms with Gasteiger partial charge in [-0.1, -0.05) is 76.3 Å². The van der Waals surface area contributed by atoms with Gasteiger partial charge in [-0.15, -0.1) is 0 Å². The van der Waals surface area contributed by atoms with Gasteiger partial charge >= 0.3 is 5.97 Å². The Morgan fingerprint density at radius 1 is 1.02 bits per heavy atom. The maximum absolute atomic E-state index is 13.3. The van der Waals surface area contributed by atoms with Crippen molar-refractivity contribution >= 4 is 16.1 Å². The Labute approximate surface area is 259 Å². The number of ether oxygens (including phenoxy) is 3. The predicted molar refractivity (Wildman–Crippen MR) is 167 cm³/mol. The molecule has 1 N–H and O–H groups in total. The number of benzene rings is 1. The molecule has 0 bridgehead atoms. The molecule has 8 nitrogen and oxygen atoms in total. The summed E-state index contributed by atoms with van der Waals surface area (Å²) in [4.78, 5) is 11.8. The van der Waals surface area contributed by atoms with Crippen LogP contribution in [0.4, 0.5) is 0 Å². The molecule has 2 fully saturated rings. The standard InChI is InChI=1S/C34H54O8S/c1-5-6-7-9-12-20-34(40-23-24-41-34)21-19-30-29(14-11-8-10-13-22-39-33(36)26(2)3)31(35)25-32(30)42-43(37,38)28-17-15-27(4)16-18-28/h8,11,15-18,26,29-32,35H,5-7,9-10,12-14,19-25H2,1-4H3/b11-8-/t29-,30-,31+,32-/m1/s1. The molecule has 0 aromatic heterocycles. The van der Waals surface area contributed by atoms with Crippen molar-refractivity contribution in [1.82, 2.24) is 0 Å². The van der Waals surface area contributed by atoms with Crippen molar-refractivity contribution in [3.05, 3.63) is 42.0 Å². The van der Waals surface area contributed by atoms with Crippen molar-refractivity contribution in [2.75, 3.05) is 19.8 Å². The zero-order valence-corrected chi connectivity index (χ0v) is 27.5. The summed E-state index contributed by atoms with van der Waals surface area (Å²) in [5.74, 6) is -1.33. The predicted octanol–water partition coefficient (Wildman–Crippen LogP) is 6.88. The first-order chi connectivity index (χ1) is 20.6. The van der Waals surface area contributed by atoms with E-state index in [1.165, 1.54) is 19.3 Å². The van der Waals surface area contributed by atoms with E-state index in [9.17, 15) is 18.3 Å². The van der Waals surface area contributed by atoms with E-state index < -0.39 is 28.1 Å². The minimum atomic E-state index is -4.00. The van der Waals surface area contributed by atoms with Gasteiger partial charge < -0.3 is 19.3 Å². The van der Waals surface area contributed by atoms with Crippen LogP contribution in [-0.2, 0) is 33.3 Å². The van der Waals surface area contributed by atoms with Crippen molar-refractivity contribution < 1.29 is 36.7 Å². The summed E-state index contributed by atoms with van der Waals surface area (Å²) in [6, 6.07) is 6.65. The van der Waals surface area contributed by atoms with E-state index in [1.54, 1.807) is 24.3 Å². The Morgan fingerprint density at radius 2 is 1.72 bits per heavy atom. The summed E-state index contributed by atoms with van der Waals surface area (Å²) < 4.78 is 50.0. The van der Waals surface area contributed by atoms with Crippen LogP contribution in [0.2, 0.25) is 0 Å². The number of rotatable bonds is 19. The Morgan fingerprint density at radius 3 is 2.40 bits per heavy atom. The Bertz CT molecular complexity index is 1090. The lowest BCUT2D eigenvalue weighted by atomic mass is 9.85. The summed E-state index contributed by atoms with van der Waals surface area (Å²) in [5, 5.41) is 11.1. The van der Waals surface area contributed by atoms with Gasteiger partial charge in [-0.05, 0) is 63.0 Å². The molecule has 244 valence electrons. The number of aryl methyl sites for hydroxylation is 1. The number of carbonyl (C=O) groups excluding carboxylic acids is 1. The molecule has 9 heteroatoms. The minimum absolute atomic E-state index is 0.124. The van der Waals surface area contributed by atoms with Gasteiger partial charge in [0, 0.05) is 19.3 Å². The molecule has 2 aliphatic rings. The third-order valence-corrected chi connectivity index (χ3v) is 10.0. The Hall–Kier alpha value is -1.78. The van der Waals surface area contributed by atoms with Crippen molar-refractivity contribution in [1.29, 1.82) is 0 Å². The van der Waals surface area contributed by atoms with Crippen LogP contribution < -0.4 is 0 Å². The number of hydrogen-bond donors (Lipinski definition) is 1. The molecule has 43 heavy (non-hydrogen) atoms. The monoisotopic (exact) mass is 622 g/mol. The Kier molecular flexibility index (Phi) is 14.6. The van der Waals surface area contributed by atoms with Gasteiger partial charge in [-0.2, -0.15) is 8.42 Å². The smallest absolute Gasteiger partial charge is 0.308 e. The molecule has 1 aromatic rings. The lowest BCUT2D eigenvalue weighted by Crippen LogP contribution is -2.33. The van der Waals surface area contributed by atoms with E-state index in [1.807, 2.05) is 32.9 Å². The molecule has 1 aromatic carbocycles. The van der Waals surface area contributed by atoms with Crippen molar-refractivity contribution in [3.63, 3.8) is 0 Å². The van der Waals surface area contributed by atoms with Crippen LogP contribution in [0.5, 0.6) is 0 Å². The average Bonchev–Trinajstić information content (AvgIpc) is 3.55. The zero-order valence-electron chi connectivity index (χ0n) is 26.7. The van der Waals surface area contributed by atoms with Crippen molar-refractivity contribution in [3.8, 4) is 0 Å². The van der Waals surface area contributed by atoms with Crippen LogP contribution in [0.25, 0.3) is 0 Å². The number of aliphatic hydroxyl groups excluding tert-OH is 1. The highest BCUT2D eigenvalue weighted by atomic mass is 32.2. The molecule has 1 aliphatic carbocycles. The van der Waals surface area contributed by atoms with Gasteiger partial charge in [0.1, 0.15) is 0 Å². The van der Waals surface area contributed by atoms with Gasteiger partial charge in [-0.25, -0.2) is 0 Å². The first kappa shape index (κ1) is 35.7. The van der Waals surface area contributed by atoms with Crippen LogP contribution >= 0.6 is 0 Å². The second kappa shape index (κ2) is 17.6. The number of unbranched alkanes of at least 4 members (excludes halogenated alkanes) is 5. The van der Waals surface area contributed by atoms with E-state index >= 15 is 0 Å². The maximum atomic E-state index is 13.3. The van der Waals surface area contributed by atoms with E-state index in [4.69, 9.17) is 18.4 Å². The molecule has 4 atom stereocenters. The minimum Gasteiger partial charge on any atom is -0.465 e. The molecular formula is C34H54O8S. The van der Waals surface area contributed by atoms with Crippen LogP contribution in [0, 0.1) is 24.7 Å². The van der Waals surface area contributed by atoms with E-state index in [0.717, 1.165) is 37.7 Å².